The molecule has 1 saturated heterocycles. The smallest absolute Gasteiger partial charge is 0.282 e. The van der Waals surface area contributed by atoms with Crippen LogP contribution in [-0.4, -0.2) is 47.0 Å². The number of carbonyl (C=O) groups excluding carboxylic acids is 2. The number of likely N-dealkylation sites (tertiary alicyclic amines) is 1. The summed E-state index contributed by atoms with van der Waals surface area (Å²) in [6, 6.07) is 4.48. The number of nitrogens with one attached hydrogen (secondary N) is 1. The van der Waals surface area contributed by atoms with Crippen molar-refractivity contribution in [2.75, 3.05) is 19.3 Å². The summed E-state index contributed by atoms with van der Waals surface area (Å²) in [5.41, 5.74) is -0.106. The lowest BCUT2D eigenvalue weighted by molar-refractivity contribution is -0.385. The van der Waals surface area contributed by atoms with E-state index in [1.54, 1.807) is 12.1 Å². The van der Waals surface area contributed by atoms with Crippen LogP contribution in [-0.2, 0) is 4.79 Å². The Bertz CT molecular complexity index is 685. The molecule has 1 N–H and O–H groups in total. The first-order chi connectivity index (χ1) is 12.3. The van der Waals surface area contributed by atoms with E-state index in [9.17, 15) is 19.7 Å². The Kier molecular flexibility index (Phi) is 7.02. The molecule has 1 aromatic carbocycles. The first-order valence-corrected chi connectivity index (χ1v) is 9.95. The lowest BCUT2D eigenvalue weighted by Gasteiger charge is -2.32. The number of amides is 2. The van der Waals surface area contributed by atoms with Gasteiger partial charge in [-0.2, -0.15) is 0 Å². The number of piperidine rings is 1. The molecule has 0 aromatic heterocycles. The zero-order valence-corrected chi connectivity index (χ0v) is 16.2. The van der Waals surface area contributed by atoms with Crippen molar-refractivity contribution in [1.82, 2.24) is 10.2 Å². The number of benzene rings is 1. The van der Waals surface area contributed by atoms with Crippen LogP contribution in [0.1, 0.15) is 43.5 Å². The van der Waals surface area contributed by atoms with Crippen LogP contribution in [0.4, 0.5) is 5.69 Å². The van der Waals surface area contributed by atoms with Crippen LogP contribution in [0.15, 0.2) is 23.1 Å². The Morgan fingerprint density at radius 2 is 2.00 bits per heavy atom. The number of hydrogen-bond acceptors (Lipinski definition) is 5. The van der Waals surface area contributed by atoms with E-state index in [0.29, 0.717) is 38.3 Å². The largest absolute Gasteiger partial charge is 0.349 e. The van der Waals surface area contributed by atoms with E-state index in [1.165, 1.54) is 17.8 Å². The Morgan fingerprint density at radius 3 is 2.54 bits per heavy atom. The van der Waals surface area contributed by atoms with Crippen LogP contribution >= 0.6 is 11.8 Å². The zero-order chi connectivity index (χ0) is 19.3. The van der Waals surface area contributed by atoms with E-state index >= 15 is 0 Å². The molecular weight excluding hydrogens is 354 g/mol. The number of nitro benzene ring substituents is 1. The fraction of sp³-hybridized carbons (Fsp3) is 0.556. The minimum atomic E-state index is -0.536. The van der Waals surface area contributed by atoms with Crippen molar-refractivity contribution in [2.45, 2.75) is 44.0 Å². The maximum absolute atomic E-state index is 12.6. The second-order valence-electron chi connectivity index (χ2n) is 6.87. The Balaban J connectivity index is 1.99. The number of nitro groups is 1. The lowest BCUT2D eigenvalue weighted by Crippen LogP contribution is -2.46. The van der Waals surface area contributed by atoms with Crippen LogP contribution in [0.3, 0.4) is 0 Å². The third-order valence-electron chi connectivity index (χ3n) is 4.41. The SMILES string of the molecule is CSc1ccc([N+](=O)[O-])c(C(=O)NC2CCN(C(=O)CC(C)C)CC2)c1. The molecule has 2 amide bonds. The van der Waals surface area contributed by atoms with E-state index < -0.39 is 10.8 Å². The van der Waals surface area contributed by atoms with Gasteiger partial charge in [0.05, 0.1) is 4.92 Å². The Hall–Kier alpha value is -2.09. The molecule has 1 fully saturated rings. The van der Waals surface area contributed by atoms with Gasteiger partial charge in [0.25, 0.3) is 11.6 Å². The highest BCUT2D eigenvalue weighted by atomic mass is 32.2. The van der Waals surface area contributed by atoms with E-state index in [4.69, 9.17) is 0 Å². The van der Waals surface area contributed by atoms with Gasteiger partial charge < -0.3 is 10.2 Å². The topological polar surface area (TPSA) is 92.5 Å². The zero-order valence-electron chi connectivity index (χ0n) is 15.4. The summed E-state index contributed by atoms with van der Waals surface area (Å²) in [6.07, 6.45) is 3.70. The predicted octanol–water partition coefficient (Wildman–Crippen LogP) is 3.08. The number of carbonyl (C=O) groups is 2. The molecule has 0 unspecified atom stereocenters. The molecule has 0 radical (unpaired) electrons. The van der Waals surface area contributed by atoms with Crippen LogP contribution < -0.4 is 5.32 Å². The molecule has 8 heteroatoms. The minimum absolute atomic E-state index is 0.0804. The summed E-state index contributed by atoms with van der Waals surface area (Å²) in [4.78, 5) is 38.0. The van der Waals surface area contributed by atoms with Crippen molar-refractivity contribution >= 4 is 29.3 Å². The summed E-state index contributed by atoms with van der Waals surface area (Å²) in [5.74, 6) is 0.0387. The van der Waals surface area contributed by atoms with Gasteiger partial charge in [0.1, 0.15) is 5.56 Å². The third kappa shape index (κ3) is 5.20. The van der Waals surface area contributed by atoms with Gasteiger partial charge in [-0.15, -0.1) is 11.8 Å². The second-order valence-corrected chi connectivity index (χ2v) is 7.75. The summed E-state index contributed by atoms with van der Waals surface area (Å²) in [5, 5.41) is 14.1. The molecular formula is C18H25N3O4S. The van der Waals surface area contributed by atoms with Crippen molar-refractivity contribution < 1.29 is 14.5 Å². The van der Waals surface area contributed by atoms with Crippen molar-refractivity contribution in [2.24, 2.45) is 5.92 Å². The molecule has 0 saturated carbocycles. The number of rotatable bonds is 6. The van der Waals surface area contributed by atoms with Gasteiger partial charge >= 0.3 is 0 Å². The first kappa shape index (κ1) is 20.2. The highest BCUT2D eigenvalue weighted by Crippen LogP contribution is 2.25. The fourth-order valence-electron chi connectivity index (χ4n) is 3.00. The number of hydrogen-bond donors (Lipinski definition) is 1. The maximum atomic E-state index is 12.6. The fourth-order valence-corrected chi connectivity index (χ4v) is 3.44. The summed E-state index contributed by atoms with van der Waals surface area (Å²) < 4.78 is 0. The van der Waals surface area contributed by atoms with Crippen LogP contribution in [0, 0.1) is 16.0 Å². The first-order valence-electron chi connectivity index (χ1n) is 8.73. The second kappa shape index (κ2) is 9.02. The molecule has 1 aromatic rings. The van der Waals surface area contributed by atoms with Crippen LogP contribution in [0.2, 0.25) is 0 Å². The van der Waals surface area contributed by atoms with Gasteiger partial charge in [0, 0.05) is 36.5 Å². The van der Waals surface area contributed by atoms with E-state index in [1.807, 2.05) is 25.0 Å². The molecule has 2 rings (SSSR count). The van der Waals surface area contributed by atoms with Gasteiger partial charge in [-0.25, -0.2) is 0 Å². The van der Waals surface area contributed by atoms with Gasteiger partial charge in [0.2, 0.25) is 5.91 Å². The lowest BCUT2D eigenvalue weighted by atomic mass is 10.0. The van der Waals surface area contributed by atoms with Crippen LogP contribution in [0.5, 0.6) is 0 Å². The summed E-state index contributed by atoms with van der Waals surface area (Å²) in [6.45, 7) is 5.23. The average molecular weight is 379 g/mol. The van der Waals surface area contributed by atoms with Crippen LogP contribution in [0.25, 0.3) is 0 Å². The van der Waals surface area contributed by atoms with Gasteiger partial charge in [-0.05, 0) is 37.1 Å². The van der Waals surface area contributed by atoms with Crippen molar-refractivity contribution in [3.05, 3.63) is 33.9 Å². The van der Waals surface area contributed by atoms with Gasteiger partial charge in [-0.3, -0.25) is 19.7 Å². The quantitative estimate of drug-likeness (QED) is 0.466. The molecule has 7 nitrogen and oxygen atoms in total. The Morgan fingerprint density at radius 1 is 1.35 bits per heavy atom. The van der Waals surface area contributed by atoms with Gasteiger partial charge in [-0.1, -0.05) is 13.8 Å². The molecule has 1 aliphatic heterocycles. The summed E-state index contributed by atoms with van der Waals surface area (Å²) in [7, 11) is 0. The van der Waals surface area contributed by atoms with E-state index in [0.717, 1.165) is 4.90 Å². The molecule has 0 atom stereocenters. The maximum Gasteiger partial charge on any atom is 0.282 e. The standard InChI is InChI=1S/C18H25N3O4S/c1-12(2)10-17(22)20-8-6-13(7-9-20)19-18(23)15-11-14(26-3)4-5-16(15)21(24)25/h4-5,11-13H,6-10H2,1-3H3,(H,19,23). The molecule has 0 spiro atoms. The summed E-state index contributed by atoms with van der Waals surface area (Å²) >= 11 is 1.43. The monoisotopic (exact) mass is 379 g/mol. The van der Waals surface area contributed by atoms with Crippen molar-refractivity contribution in [3.8, 4) is 0 Å². The normalized spacial score (nSPS) is 15.2. The third-order valence-corrected chi connectivity index (χ3v) is 5.14. The van der Waals surface area contributed by atoms with E-state index in [-0.39, 0.29) is 23.2 Å². The number of nitrogens with zero attached hydrogens (tertiary/aromatic N) is 2. The predicted molar refractivity (Wildman–Crippen MR) is 101 cm³/mol. The van der Waals surface area contributed by atoms with E-state index in [2.05, 4.69) is 5.32 Å². The minimum Gasteiger partial charge on any atom is -0.349 e. The molecule has 1 heterocycles. The molecule has 0 bridgehead atoms. The molecule has 142 valence electrons. The van der Waals surface area contributed by atoms with Crippen molar-refractivity contribution in [3.63, 3.8) is 0 Å². The molecule has 26 heavy (non-hydrogen) atoms. The average Bonchev–Trinajstić information content (AvgIpc) is 2.61. The number of thioether (sulfide) groups is 1. The Labute approximate surface area is 157 Å². The van der Waals surface area contributed by atoms with Gasteiger partial charge in [0.15, 0.2) is 0 Å². The highest BCUT2D eigenvalue weighted by molar-refractivity contribution is 7.98. The highest BCUT2D eigenvalue weighted by Gasteiger charge is 2.27. The molecule has 0 aliphatic carbocycles. The van der Waals surface area contributed by atoms with Crippen molar-refractivity contribution in [1.29, 1.82) is 0 Å². The molecule has 1 aliphatic rings.